The number of halogens is 2. The lowest BCUT2D eigenvalue weighted by atomic mass is 10.2. The molecule has 1 aliphatic heterocycles. The summed E-state index contributed by atoms with van der Waals surface area (Å²) in [6.07, 6.45) is 3.19. The lowest BCUT2D eigenvalue weighted by Gasteiger charge is -2.26. The molecule has 0 aliphatic carbocycles. The third-order valence-electron chi connectivity index (χ3n) is 4.03. The number of morpholine rings is 1. The second kappa shape index (κ2) is 9.19. The summed E-state index contributed by atoms with van der Waals surface area (Å²) in [5.41, 5.74) is 1.97. The van der Waals surface area contributed by atoms with Crippen molar-refractivity contribution in [1.29, 1.82) is 0 Å². The Bertz CT molecular complexity index is 767. The van der Waals surface area contributed by atoms with Gasteiger partial charge in [0, 0.05) is 38.1 Å². The molecule has 1 saturated heterocycles. The van der Waals surface area contributed by atoms with Crippen LogP contribution in [0.4, 0.5) is 11.4 Å². The van der Waals surface area contributed by atoms with E-state index in [1.807, 2.05) is 6.07 Å². The molecule has 0 saturated carbocycles. The fourth-order valence-electron chi connectivity index (χ4n) is 2.63. The summed E-state index contributed by atoms with van der Waals surface area (Å²) >= 11 is 11.9. The van der Waals surface area contributed by atoms with Crippen molar-refractivity contribution < 1.29 is 9.53 Å². The van der Waals surface area contributed by atoms with Gasteiger partial charge in [0.1, 0.15) is 0 Å². The number of pyridine rings is 1. The first-order chi connectivity index (χ1) is 12.6. The molecule has 2 N–H and O–H groups in total. The number of amides is 1. The lowest BCUT2D eigenvalue weighted by molar-refractivity contribution is 0.0383. The van der Waals surface area contributed by atoms with Gasteiger partial charge in [0.25, 0.3) is 5.91 Å². The maximum atomic E-state index is 12.3. The molecular formula is C18H20Cl2N4O2. The molecule has 1 aliphatic rings. The highest BCUT2D eigenvalue weighted by molar-refractivity contribution is 6.42. The fraction of sp³-hybridized carbons (Fsp3) is 0.333. The largest absolute Gasteiger partial charge is 0.379 e. The summed E-state index contributed by atoms with van der Waals surface area (Å²) in [4.78, 5) is 18.7. The van der Waals surface area contributed by atoms with Crippen molar-refractivity contribution >= 4 is 40.5 Å². The highest BCUT2D eigenvalue weighted by Gasteiger charge is 2.11. The van der Waals surface area contributed by atoms with E-state index in [2.05, 4.69) is 20.5 Å². The third-order valence-corrected chi connectivity index (χ3v) is 4.77. The van der Waals surface area contributed by atoms with E-state index in [1.165, 1.54) is 0 Å². The van der Waals surface area contributed by atoms with Crippen molar-refractivity contribution in [2.24, 2.45) is 0 Å². The maximum absolute atomic E-state index is 12.3. The summed E-state index contributed by atoms with van der Waals surface area (Å²) in [7, 11) is 0. The first-order valence-electron chi connectivity index (χ1n) is 8.37. The number of nitrogens with one attached hydrogen (secondary N) is 2. The minimum atomic E-state index is -0.149. The molecule has 1 fully saturated rings. The van der Waals surface area contributed by atoms with Gasteiger partial charge in [-0.2, -0.15) is 0 Å². The SMILES string of the molecule is O=C(NCCN1CCOCC1)c1cncc(Nc2ccc(Cl)c(Cl)c2)c1. The predicted octanol–water partition coefficient (Wildman–Crippen LogP) is 3.19. The highest BCUT2D eigenvalue weighted by atomic mass is 35.5. The minimum Gasteiger partial charge on any atom is -0.379 e. The summed E-state index contributed by atoms with van der Waals surface area (Å²) in [6.45, 7) is 4.70. The Morgan fingerprint density at radius 3 is 2.69 bits per heavy atom. The van der Waals surface area contributed by atoms with E-state index in [1.54, 1.807) is 30.6 Å². The van der Waals surface area contributed by atoms with Crippen molar-refractivity contribution in [3.63, 3.8) is 0 Å². The van der Waals surface area contributed by atoms with Crippen LogP contribution >= 0.6 is 23.2 Å². The average molecular weight is 395 g/mol. The summed E-state index contributed by atoms with van der Waals surface area (Å²) in [6, 6.07) is 6.99. The Morgan fingerprint density at radius 1 is 1.12 bits per heavy atom. The van der Waals surface area contributed by atoms with Crippen LogP contribution < -0.4 is 10.6 Å². The molecule has 26 heavy (non-hydrogen) atoms. The summed E-state index contributed by atoms with van der Waals surface area (Å²) in [5, 5.41) is 7.04. The van der Waals surface area contributed by atoms with Gasteiger partial charge in [-0.05, 0) is 24.3 Å². The van der Waals surface area contributed by atoms with Crippen molar-refractivity contribution in [2.45, 2.75) is 0 Å². The van der Waals surface area contributed by atoms with Crippen molar-refractivity contribution in [3.8, 4) is 0 Å². The number of aromatic nitrogens is 1. The molecule has 0 radical (unpaired) electrons. The number of ether oxygens (including phenoxy) is 1. The van der Waals surface area contributed by atoms with E-state index in [0.29, 0.717) is 27.8 Å². The number of nitrogens with zero attached hydrogens (tertiary/aromatic N) is 2. The molecule has 3 rings (SSSR count). The zero-order valence-electron chi connectivity index (χ0n) is 14.2. The quantitative estimate of drug-likeness (QED) is 0.787. The van der Waals surface area contributed by atoms with Crippen molar-refractivity contribution in [3.05, 3.63) is 52.3 Å². The number of rotatable bonds is 6. The van der Waals surface area contributed by atoms with E-state index in [-0.39, 0.29) is 5.91 Å². The standard InChI is InChI=1S/C18H20Cl2N4O2/c19-16-2-1-14(10-17(16)20)23-15-9-13(11-21-12-15)18(25)22-3-4-24-5-7-26-8-6-24/h1-2,9-12,23H,3-8H2,(H,22,25). The monoisotopic (exact) mass is 394 g/mol. The Hall–Kier alpha value is -1.86. The Morgan fingerprint density at radius 2 is 1.92 bits per heavy atom. The number of carbonyl (C=O) groups excluding carboxylic acids is 1. The van der Waals surface area contributed by atoms with Gasteiger partial charge in [-0.1, -0.05) is 23.2 Å². The molecule has 1 amide bonds. The van der Waals surface area contributed by atoms with Crippen LogP contribution in [0.15, 0.2) is 36.7 Å². The molecular weight excluding hydrogens is 375 g/mol. The van der Waals surface area contributed by atoms with Crippen LogP contribution in [0.5, 0.6) is 0 Å². The van der Waals surface area contributed by atoms with Crippen LogP contribution in [0.2, 0.25) is 10.0 Å². The molecule has 1 aromatic carbocycles. The fourth-order valence-corrected chi connectivity index (χ4v) is 2.93. The van der Waals surface area contributed by atoms with Gasteiger partial charge in [-0.3, -0.25) is 14.7 Å². The molecule has 0 spiro atoms. The van der Waals surface area contributed by atoms with Crippen LogP contribution in [-0.4, -0.2) is 55.2 Å². The topological polar surface area (TPSA) is 66.5 Å². The van der Waals surface area contributed by atoms with Gasteiger partial charge in [-0.25, -0.2) is 0 Å². The molecule has 0 unspecified atom stereocenters. The molecule has 138 valence electrons. The van der Waals surface area contributed by atoms with Gasteiger partial charge in [0.05, 0.1) is 40.7 Å². The van der Waals surface area contributed by atoms with Crippen LogP contribution in [0, 0.1) is 0 Å². The van der Waals surface area contributed by atoms with Crippen LogP contribution in [0.25, 0.3) is 0 Å². The first-order valence-corrected chi connectivity index (χ1v) is 9.13. The van der Waals surface area contributed by atoms with Gasteiger partial charge in [-0.15, -0.1) is 0 Å². The van der Waals surface area contributed by atoms with Gasteiger partial charge < -0.3 is 15.4 Å². The molecule has 8 heteroatoms. The zero-order chi connectivity index (χ0) is 18.4. The van der Waals surface area contributed by atoms with Crippen LogP contribution in [-0.2, 0) is 4.74 Å². The Balaban J connectivity index is 1.55. The normalized spacial score (nSPS) is 14.8. The molecule has 0 atom stereocenters. The minimum absolute atomic E-state index is 0.149. The zero-order valence-corrected chi connectivity index (χ0v) is 15.7. The van der Waals surface area contributed by atoms with E-state index in [0.717, 1.165) is 38.5 Å². The number of anilines is 2. The second-order valence-corrected chi connectivity index (χ2v) is 6.74. The third kappa shape index (κ3) is 5.32. The number of carbonyl (C=O) groups is 1. The average Bonchev–Trinajstić information content (AvgIpc) is 2.66. The molecule has 6 nitrogen and oxygen atoms in total. The van der Waals surface area contributed by atoms with Crippen molar-refractivity contribution in [2.75, 3.05) is 44.7 Å². The number of benzene rings is 1. The molecule has 2 aromatic rings. The highest BCUT2D eigenvalue weighted by Crippen LogP contribution is 2.26. The Kier molecular flexibility index (Phi) is 6.68. The number of hydrogen-bond donors (Lipinski definition) is 2. The summed E-state index contributed by atoms with van der Waals surface area (Å²) < 4.78 is 5.31. The molecule has 2 heterocycles. The van der Waals surface area contributed by atoms with E-state index < -0.39 is 0 Å². The second-order valence-electron chi connectivity index (χ2n) is 5.93. The molecule has 0 bridgehead atoms. The van der Waals surface area contributed by atoms with E-state index in [9.17, 15) is 4.79 Å². The maximum Gasteiger partial charge on any atom is 0.252 e. The van der Waals surface area contributed by atoms with Gasteiger partial charge in [0.15, 0.2) is 0 Å². The van der Waals surface area contributed by atoms with Crippen molar-refractivity contribution in [1.82, 2.24) is 15.2 Å². The lowest BCUT2D eigenvalue weighted by Crippen LogP contribution is -2.41. The van der Waals surface area contributed by atoms with E-state index >= 15 is 0 Å². The number of hydrogen-bond acceptors (Lipinski definition) is 5. The Labute approximate surface area is 162 Å². The summed E-state index contributed by atoms with van der Waals surface area (Å²) in [5.74, 6) is -0.149. The first kappa shape index (κ1) is 18.9. The smallest absolute Gasteiger partial charge is 0.252 e. The van der Waals surface area contributed by atoms with Crippen LogP contribution in [0.3, 0.4) is 0 Å². The predicted molar refractivity (Wildman–Crippen MR) is 104 cm³/mol. The van der Waals surface area contributed by atoms with E-state index in [4.69, 9.17) is 27.9 Å². The molecule has 1 aromatic heterocycles. The van der Waals surface area contributed by atoms with Crippen LogP contribution in [0.1, 0.15) is 10.4 Å². The van der Waals surface area contributed by atoms with Gasteiger partial charge >= 0.3 is 0 Å². The van der Waals surface area contributed by atoms with Gasteiger partial charge in [0.2, 0.25) is 0 Å².